The number of anilines is 1. The van der Waals surface area contributed by atoms with Crippen LogP contribution in [-0.4, -0.2) is 17.6 Å². The average Bonchev–Trinajstić information content (AvgIpc) is 2.80. The van der Waals surface area contributed by atoms with Gasteiger partial charge in [-0.1, -0.05) is 30.3 Å². The van der Waals surface area contributed by atoms with Crippen molar-refractivity contribution in [1.82, 2.24) is 0 Å². The van der Waals surface area contributed by atoms with Gasteiger partial charge in [0, 0.05) is 22.4 Å². The minimum Gasteiger partial charge on any atom is -0.504 e. The first-order valence-corrected chi connectivity index (χ1v) is 6.78. The van der Waals surface area contributed by atoms with Crippen LogP contribution in [0.15, 0.2) is 42.5 Å². The number of phenolic OH excluding ortho intramolecular Hbond substituents is 1. The third kappa shape index (κ3) is 2.36. The number of carbonyl (C=O) groups is 1. The molecule has 0 saturated carbocycles. The molecule has 2 aromatic rings. The molecule has 0 aliphatic carbocycles. The maximum atomic E-state index is 12.1. The third-order valence-electron chi connectivity index (χ3n) is 3.34. The summed E-state index contributed by atoms with van der Waals surface area (Å²) in [6.07, 6.45) is 1.68. The summed E-state index contributed by atoms with van der Waals surface area (Å²) in [5, 5.41) is 13.0. The van der Waals surface area contributed by atoms with Gasteiger partial charge in [0.25, 0.3) is 5.91 Å². The highest BCUT2D eigenvalue weighted by Crippen LogP contribution is 2.36. The Kier molecular flexibility index (Phi) is 3.36. The van der Waals surface area contributed by atoms with Crippen molar-refractivity contribution in [3.8, 4) is 11.5 Å². The minimum atomic E-state index is -0.169. The minimum absolute atomic E-state index is 0.0454. The molecule has 4 nitrogen and oxygen atoms in total. The second-order valence-electron chi connectivity index (χ2n) is 4.68. The van der Waals surface area contributed by atoms with Crippen LogP contribution in [0.2, 0.25) is 0 Å². The molecule has 1 amide bonds. The topological polar surface area (TPSA) is 58.6 Å². The quantitative estimate of drug-likeness (QED) is 0.849. The lowest BCUT2D eigenvalue weighted by Crippen LogP contribution is -2.03. The third-order valence-corrected chi connectivity index (χ3v) is 3.34. The van der Waals surface area contributed by atoms with Gasteiger partial charge < -0.3 is 15.2 Å². The smallest absolute Gasteiger partial charge is 0.256 e. The molecule has 1 aliphatic rings. The Balaban J connectivity index is 2.07. The fourth-order valence-corrected chi connectivity index (χ4v) is 2.37. The van der Waals surface area contributed by atoms with E-state index >= 15 is 0 Å². The zero-order valence-electron chi connectivity index (χ0n) is 11.6. The van der Waals surface area contributed by atoms with Crippen molar-refractivity contribution in [3.05, 3.63) is 53.6 Å². The molecular formula is C17H15NO3. The zero-order chi connectivity index (χ0) is 14.8. The number of benzene rings is 2. The number of rotatable bonds is 3. The molecule has 0 bridgehead atoms. The van der Waals surface area contributed by atoms with Gasteiger partial charge in [0.1, 0.15) is 0 Å². The summed E-state index contributed by atoms with van der Waals surface area (Å²) in [6.45, 7) is 2.32. The first-order chi connectivity index (χ1) is 10.2. The van der Waals surface area contributed by atoms with Gasteiger partial charge in [-0.25, -0.2) is 0 Å². The van der Waals surface area contributed by atoms with E-state index in [1.54, 1.807) is 24.3 Å². The largest absolute Gasteiger partial charge is 0.504 e. The molecule has 106 valence electrons. The van der Waals surface area contributed by atoms with Gasteiger partial charge in [-0.2, -0.15) is 0 Å². The Morgan fingerprint density at radius 1 is 1.19 bits per heavy atom. The lowest BCUT2D eigenvalue weighted by molar-refractivity contribution is -0.110. The summed E-state index contributed by atoms with van der Waals surface area (Å²) < 4.78 is 5.36. The first-order valence-electron chi connectivity index (χ1n) is 6.78. The van der Waals surface area contributed by atoms with Crippen LogP contribution in [0.5, 0.6) is 11.5 Å². The second-order valence-corrected chi connectivity index (χ2v) is 4.68. The average molecular weight is 281 g/mol. The standard InChI is InChI=1S/C17H15NO3/c1-2-21-15-9-5-6-11(16(15)19)10-13-12-7-3-4-8-14(12)18-17(13)20/h3-10,19H,2H2,1H3,(H,18,20). The van der Waals surface area contributed by atoms with Crippen molar-refractivity contribution in [1.29, 1.82) is 0 Å². The van der Waals surface area contributed by atoms with Gasteiger partial charge in [-0.3, -0.25) is 4.79 Å². The van der Waals surface area contributed by atoms with E-state index in [-0.39, 0.29) is 11.7 Å². The molecule has 21 heavy (non-hydrogen) atoms. The Morgan fingerprint density at radius 3 is 2.81 bits per heavy atom. The summed E-state index contributed by atoms with van der Waals surface area (Å²) in [5.74, 6) is 0.292. The molecule has 0 unspecified atom stereocenters. The number of carbonyl (C=O) groups excluding carboxylic acids is 1. The Labute approximate surface area is 122 Å². The highest BCUT2D eigenvalue weighted by Gasteiger charge is 2.23. The van der Waals surface area contributed by atoms with Crippen LogP contribution in [0.4, 0.5) is 5.69 Å². The molecule has 1 heterocycles. The summed E-state index contributed by atoms with van der Waals surface area (Å²) >= 11 is 0. The predicted molar refractivity (Wildman–Crippen MR) is 82.2 cm³/mol. The van der Waals surface area contributed by atoms with E-state index in [1.807, 2.05) is 31.2 Å². The van der Waals surface area contributed by atoms with Crippen molar-refractivity contribution in [2.45, 2.75) is 6.92 Å². The second kappa shape index (κ2) is 5.32. The number of hydrogen-bond donors (Lipinski definition) is 2. The van der Waals surface area contributed by atoms with Crippen LogP contribution in [0.25, 0.3) is 11.6 Å². The maximum Gasteiger partial charge on any atom is 0.256 e. The summed E-state index contributed by atoms with van der Waals surface area (Å²) in [7, 11) is 0. The van der Waals surface area contributed by atoms with Gasteiger partial charge in [0.15, 0.2) is 11.5 Å². The predicted octanol–water partition coefficient (Wildman–Crippen LogP) is 3.28. The van der Waals surface area contributed by atoms with Gasteiger partial charge in [0.2, 0.25) is 0 Å². The molecular weight excluding hydrogens is 266 g/mol. The van der Waals surface area contributed by atoms with E-state index in [1.165, 1.54) is 0 Å². The molecule has 0 radical (unpaired) electrons. The number of ether oxygens (including phenoxy) is 1. The van der Waals surface area contributed by atoms with Gasteiger partial charge >= 0.3 is 0 Å². The van der Waals surface area contributed by atoms with E-state index in [9.17, 15) is 9.90 Å². The summed E-state index contributed by atoms with van der Waals surface area (Å²) in [5.41, 5.74) is 2.72. The summed E-state index contributed by atoms with van der Waals surface area (Å²) in [4.78, 5) is 12.1. The van der Waals surface area contributed by atoms with Crippen molar-refractivity contribution in [2.24, 2.45) is 0 Å². The number of amides is 1. The van der Waals surface area contributed by atoms with Crippen molar-refractivity contribution < 1.29 is 14.6 Å². The molecule has 0 aromatic heterocycles. The Bertz CT molecular complexity index is 735. The van der Waals surface area contributed by atoms with Crippen molar-refractivity contribution in [3.63, 3.8) is 0 Å². The number of fused-ring (bicyclic) bond motifs is 1. The van der Waals surface area contributed by atoms with Gasteiger partial charge in [-0.05, 0) is 25.1 Å². The number of phenols is 1. The van der Waals surface area contributed by atoms with E-state index in [4.69, 9.17) is 4.74 Å². The maximum absolute atomic E-state index is 12.1. The van der Waals surface area contributed by atoms with Crippen LogP contribution >= 0.6 is 0 Å². The lowest BCUT2D eigenvalue weighted by atomic mass is 10.0. The molecule has 4 heteroatoms. The molecule has 3 rings (SSSR count). The van der Waals surface area contributed by atoms with E-state index in [0.717, 1.165) is 11.3 Å². The monoisotopic (exact) mass is 281 g/mol. The molecule has 0 fully saturated rings. The fraction of sp³-hybridized carbons (Fsp3) is 0.118. The highest BCUT2D eigenvalue weighted by molar-refractivity contribution is 6.35. The number of aromatic hydroxyl groups is 1. The summed E-state index contributed by atoms with van der Waals surface area (Å²) in [6, 6.07) is 12.7. The van der Waals surface area contributed by atoms with Gasteiger partial charge in [-0.15, -0.1) is 0 Å². The first kappa shape index (κ1) is 13.2. The van der Waals surface area contributed by atoms with Crippen molar-refractivity contribution in [2.75, 3.05) is 11.9 Å². The van der Waals surface area contributed by atoms with Crippen LogP contribution in [0.3, 0.4) is 0 Å². The van der Waals surface area contributed by atoms with E-state index in [0.29, 0.717) is 23.5 Å². The van der Waals surface area contributed by atoms with Crippen molar-refractivity contribution >= 4 is 23.2 Å². The van der Waals surface area contributed by atoms with Crippen LogP contribution < -0.4 is 10.1 Å². The highest BCUT2D eigenvalue weighted by atomic mass is 16.5. The Morgan fingerprint density at radius 2 is 2.00 bits per heavy atom. The Hall–Kier alpha value is -2.75. The van der Waals surface area contributed by atoms with Gasteiger partial charge in [0.05, 0.1) is 6.61 Å². The molecule has 2 aromatic carbocycles. The SMILES string of the molecule is CCOc1cccc(C=C2C(=O)Nc3ccccc32)c1O. The molecule has 0 saturated heterocycles. The van der Waals surface area contributed by atoms with Crippen LogP contribution in [-0.2, 0) is 4.79 Å². The fourth-order valence-electron chi connectivity index (χ4n) is 2.37. The van der Waals surface area contributed by atoms with Crippen LogP contribution in [0, 0.1) is 0 Å². The number of nitrogens with one attached hydrogen (secondary N) is 1. The molecule has 0 atom stereocenters. The number of hydrogen-bond acceptors (Lipinski definition) is 3. The molecule has 2 N–H and O–H groups in total. The zero-order valence-corrected chi connectivity index (χ0v) is 11.6. The molecule has 1 aliphatic heterocycles. The lowest BCUT2D eigenvalue weighted by Gasteiger charge is -2.08. The molecule has 0 spiro atoms. The van der Waals surface area contributed by atoms with E-state index in [2.05, 4.69) is 5.32 Å². The van der Waals surface area contributed by atoms with Crippen LogP contribution in [0.1, 0.15) is 18.1 Å². The normalized spacial score (nSPS) is 14.9. The van der Waals surface area contributed by atoms with E-state index < -0.39 is 0 Å². The number of para-hydroxylation sites is 2.